The summed E-state index contributed by atoms with van der Waals surface area (Å²) in [5.74, 6) is -0.806. The van der Waals surface area contributed by atoms with E-state index < -0.39 is 26.5 Å². The van der Waals surface area contributed by atoms with Crippen LogP contribution in [0.25, 0.3) is 10.4 Å². The van der Waals surface area contributed by atoms with Crippen LogP contribution in [-0.4, -0.2) is 39.6 Å². The summed E-state index contributed by atoms with van der Waals surface area (Å²) >= 11 is 0. The first-order chi connectivity index (χ1) is 18.4. The van der Waals surface area contributed by atoms with Gasteiger partial charge in [-0.1, -0.05) is 117 Å². The minimum Gasteiger partial charge on any atom is -0.460 e. The number of benzene rings is 3. The fourth-order valence-electron chi connectivity index (χ4n) is 5.33. The van der Waals surface area contributed by atoms with Crippen molar-refractivity contribution in [1.29, 1.82) is 0 Å². The van der Waals surface area contributed by atoms with Crippen LogP contribution in [0.15, 0.2) is 96.1 Å². The molecule has 0 spiro atoms. The maximum absolute atomic E-state index is 12.8. The van der Waals surface area contributed by atoms with Crippen LogP contribution < -0.4 is 10.4 Å². The van der Waals surface area contributed by atoms with Crippen molar-refractivity contribution in [2.75, 3.05) is 13.2 Å². The number of rotatable bonds is 11. The maximum Gasteiger partial charge on any atom is 0.335 e. The van der Waals surface area contributed by atoms with Crippen molar-refractivity contribution in [3.05, 3.63) is 107 Å². The molecule has 4 rings (SSSR count). The van der Waals surface area contributed by atoms with Gasteiger partial charge in [0.15, 0.2) is 6.10 Å². The standard InChI is InChI=1S/C30H35N3O4Si/c1-30(2,3)38(24-15-9-5-10-16-24,25-17-11-6-12-18-25)36-20-19-27-26(21-32-33-31)28(29(34)37-27)35-22-23-13-7-4-8-14-23/h4-18,26-28H,19-22H2,1-3H3/t26-,27-,28-/m1/s1. The number of esters is 1. The van der Waals surface area contributed by atoms with Gasteiger partial charge in [-0.25, -0.2) is 4.79 Å². The molecule has 0 aromatic heterocycles. The van der Waals surface area contributed by atoms with E-state index in [0.717, 1.165) is 5.56 Å². The molecule has 7 nitrogen and oxygen atoms in total. The van der Waals surface area contributed by atoms with Crippen LogP contribution in [0.4, 0.5) is 0 Å². The molecule has 3 atom stereocenters. The van der Waals surface area contributed by atoms with E-state index in [1.807, 2.05) is 42.5 Å². The van der Waals surface area contributed by atoms with Crippen LogP contribution in [-0.2, 0) is 25.3 Å². The van der Waals surface area contributed by atoms with Crippen LogP contribution >= 0.6 is 0 Å². The largest absolute Gasteiger partial charge is 0.460 e. The highest BCUT2D eigenvalue weighted by Gasteiger charge is 2.51. The van der Waals surface area contributed by atoms with Crippen LogP contribution in [0, 0.1) is 5.92 Å². The Bertz CT molecular complexity index is 1190. The van der Waals surface area contributed by atoms with Gasteiger partial charge in [-0.15, -0.1) is 0 Å². The molecule has 0 amide bonds. The Balaban J connectivity index is 1.55. The van der Waals surface area contributed by atoms with Gasteiger partial charge in [-0.2, -0.15) is 0 Å². The highest BCUT2D eigenvalue weighted by Crippen LogP contribution is 2.37. The second kappa shape index (κ2) is 12.4. The normalized spacial score (nSPS) is 19.6. The van der Waals surface area contributed by atoms with Gasteiger partial charge in [0.25, 0.3) is 8.32 Å². The van der Waals surface area contributed by atoms with Gasteiger partial charge in [-0.3, -0.25) is 0 Å². The van der Waals surface area contributed by atoms with Crippen molar-refractivity contribution in [2.45, 2.75) is 51.0 Å². The molecule has 1 aliphatic rings. The van der Waals surface area contributed by atoms with Gasteiger partial charge in [0.05, 0.1) is 6.61 Å². The molecule has 0 bridgehead atoms. The van der Waals surface area contributed by atoms with Crippen LogP contribution in [0.1, 0.15) is 32.8 Å². The van der Waals surface area contributed by atoms with Crippen LogP contribution in [0.3, 0.4) is 0 Å². The number of nitrogens with zero attached hydrogens (tertiary/aromatic N) is 3. The Morgan fingerprint density at radius 3 is 2.00 bits per heavy atom. The molecular formula is C30H35N3O4Si. The fraction of sp³-hybridized carbons (Fsp3) is 0.367. The predicted molar refractivity (Wildman–Crippen MR) is 151 cm³/mol. The molecule has 3 aromatic carbocycles. The minimum atomic E-state index is -2.72. The zero-order valence-corrected chi connectivity index (χ0v) is 23.2. The van der Waals surface area contributed by atoms with E-state index in [9.17, 15) is 4.79 Å². The molecule has 1 fully saturated rings. The summed E-state index contributed by atoms with van der Waals surface area (Å²) in [6.07, 6.45) is -0.780. The van der Waals surface area contributed by atoms with Crippen molar-refractivity contribution >= 4 is 24.7 Å². The summed E-state index contributed by atoms with van der Waals surface area (Å²) in [4.78, 5) is 15.7. The molecule has 8 heteroatoms. The average molecular weight is 530 g/mol. The SMILES string of the molecule is CC(C)(C)[Si](OCC[C@H]1OC(=O)[C@H](OCc2ccccc2)[C@@H]1CN=[N+]=[N-])(c1ccccc1)c1ccccc1. The molecule has 1 heterocycles. The lowest BCUT2D eigenvalue weighted by atomic mass is 9.96. The second-order valence-electron chi connectivity index (χ2n) is 10.6. The molecule has 1 aliphatic heterocycles. The summed E-state index contributed by atoms with van der Waals surface area (Å²) in [6.45, 7) is 7.47. The Morgan fingerprint density at radius 2 is 1.47 bits per heavy atom. The Labute approximate surface area is 225 Å². The molecule has 0 unspecified atom stereocenters. The summed E-state index contributed by atoms with van der Waals surface area (Å²) in [5.41, 5.74) is 9.93. The van der Waals surface area contributed by atoms with Crippen LogP contribution in [0.5, 0.6) is 0 Å². The first kappa shape index (κ1) is 27.6. The van der Waals surface area contributed by atoms with Crippen molar-refractivity contribution in [3.8, 4) is 0 Å². The van der Waals surface area contributed by atoms with E-state index in [0.29, 0.717) is 13.0 Å². The number of ether oxygens (including phenoxy) is 2. The molecule has 0 saturated carbocycles. The third kappa shape index (κ3) is 6.00. The van der Waals surface area contributed by atoms with Gasteiger partial charge in [-0.05, 0) is 26.5 Å². The van der Waals surface area contributed by atoms with E-state index in [2.05, 4.69) is 79.3 Å². The van der Waals surface area contributed by atoms with E-state index in [1.54, 1.807) is 0 Å². The topological polar surface area (TPSA) is 93.5 Å². The zero-order valence-electron chi connectivity index (χ0n) is 22.2. The molecule has 0 aliphatic carbocycles. The predicted octanol–water partition coefficient (Wildman–Crippen LogP) is 5.39. The molecule has 0 radical (unpaired) electrons. The van der Waals surface area contributed by atoms with Crippen molar-refractivity contribution < 1.29 is 18.7 Å². The van der Waals surface area contributed by atoms with Gasteiger partial charge < -0.3 is 13.9 Å². The minimum absolute atomic E-state index is 0.117. The smallest absolute Gasteiger partial charge is 0.335 e. The lowest BCUT2D eigenvalue weighted by molar-refractivity contribution is -0.150. The lowest BCUT2D eigenvalue weighted by Gasteiger charge is -2.43. The first-order valence-electron chi connectivity index (χ1n) is 13.0. The van der Waals surface area contributed by atoms with E-state index in [-0.39, 0.29) is 24.1 Å². The quantitative estimate of drug-likeness (QED) is 0.109. The van der Waals surface area contributed by atoms with Crippen molar-refractivity contribution in [1.82, 2.24) is 0 Å². The van der Waals surface area contributed by atoms with E-state index in [1.165, 1.54) is 10.4 Å². The molecule has 38 heavy (non-hydrogen) atoms. The summed E-state index contributed by atoms with van der Waals surface area (Å²) in [7, 11) is -2.72. The first-order valence-corrected chi connectivity index (χ1v) is 14.9. The number of hydrogen-bond donors (Lipinski definition) is 0. The molecule has 3 aromatic rings. The Kier molecular flexibility index (Phi) is 9.02. The molecule has 1 saturated heterocycles. The average Bonchev–Trinajstić information content (AvgIpc) is 3.23. The number of carbonyl (C=O) groups excluding carboxylic acids is 1. The van der Waals surface area contributed by atoms with Gasteiger partial charge in [0, 0.05) is 30.4 Å². The Morgan fingerprint density at radius 1 is 0.921 bits per heavy atom. The monoisotopic (exact) mass is 529 g/mol. The third-order valence-corrected chi connectivity index (χ3v) is 12.2. The van der Waals surface area contributed by atoms with Gasteiger partial charge in [0.1, 0.15) is 6.10 Å². The summed E-state index contributed by atoms with van der Waals surface area (Å²) in [6, 6.07) is 30.5. The second-order valence-corrected chi connectivity index (χ2v) is 14.9. The van der Waals surface area contributed by atoms with E-state index >= 15 is 0 Å². The molecule has 0 N–H and O–H groups in total. The molecule has 198 valence electrons. The Hall–Kier alpha value is -3.42. The van der Waals surface area contributed by atoms with Gasteiger partial charge in [0.2, 0.25) is 0 Å². The number of hydrogen-bond acceptors (Lipinski definition) is 5. The third-order valence-electron chi connectivity index (χ3n) is 7.13. The van der Waals surface area contributed by atoms with Gasteiger partial charge >= 0.3 is 5.97 Å². The van der Waals surface area contributed by atoms with Crippen molar-refractivity contribution in [3.63, 3.8) is 0 Å². The zero-order chi connectivity index (χ0) is 27.0. The highest BCUT2D eigenvalue weighted by molar-refractivity contribution is 6.99. The van der Waals surface area contributed by atoms with Crippen molar-refractivity contribution in [2.24, 2.45) is 11.0 Å². The molecular weight excluding hydrogens is 494 g/mol. The fourth-order valence-corrected chi connectivity index (χ4v) is 9.91. The number of carbonyl (C=O) groups is 1. The lowest BCUT2D eigenvalue weighted by Crippen LogP contribution is -2.66. The van der Waals surface area contributed by atoms with Crippen LogP contribution in [0.2, 0.25) is 5.04 Å². The highest BCUT2D eigenvalue weighted by atomic mass is 28.4. The summed E-state index contributed by atoms with van der Waals surface area (Å²) in [5, 5.41) is 6.00. The number of azide groups is 1. The van der Waals surface area contributed by atoms with E-state index in [4.69, 9.17) is 19.4 Å². The maximum atomic E-state index is 12.8. The number of cyclic esters (lactones) is 1. The summed E-state index contributed by atoms with van der Waals surface area (Å²) < 4.78 is 18.7.